The zero-order valence-corrected chi connectivity index (χ0v) is 11.1. The Balaban J connectivity index is 2.06. The van der Waals surface area contributed by atoms with Crippen LogP contribution in [0.2, 0.25) is 0 Å². The van der Waals surface area contributed by atoms with E-state index in [1.807, 2.05) is 0 Å². The van der Waals surface area contributed by atoms with Crippen molar-refractivity contribution >= 4 is 5.78 Å². The second-order valence-corrected chi connectivity index (χ2v) is 4.98. The van der Waals surface area contributed by atoms with Gasteiger partial charge in [0.1, 0.15) is 28.9 Å². The van der Waals surface area contributed by atoms with Crippen LogP contribution in [0.25, 0.3) is 0 Å². The minimum atomic E-state index is -0.804. The van der Waals surface area contributed by atoms with E-state index in [4.69, 9.17) is 4.74 Å². The van der Waals surface area contributed by atoms with Crippen LogP contribution in [-0.2, 0) is 0 Å². The zero-order valence-electron chi connectivity index (χ0n) is 11.1. The van der Waals surface area contributed by atoms with Gasteiger partial charge in [-0.25, -0.2) is 0 Å². The number of hydrogen-bond donors (Lipinski definition) is 5. The smallest absolute Gasteiger partial charge is 0.201 e. The molecule has 1 aliphatic rings. The van der Waals surface area contributed by atoms with Gasteiger partial charge in [-0.3, -0.25) is 4.79 Å². The third-order valence-electron chi connectivity index (χ3n) is 3.43. The summed E-state index contributed by atoms with van der Waals surface area (Å²) in [6.07, 6.45) is -0.963. The molecule has 2 aromatic carbocycles. The first-order valence-electron chi connectivity index (χ1n) is 6.37. The van der Waals surface area contributed by atoms with Crippen LogP contribution >= 0.6 is 0 Å². The maximum absolute atomic E-state index is 12.2. The van der Waals surface area contributed by atoms with Gasteiger partial charge in [-0.1, -0.05) is 0 Å². The lowest BCUT2D eigenvalue weighted by atomic mass is 9.95. The highest BCUT2D eigenvalue weighted by atomic mass is 16.5. The second kappa shape index (κ2) is 4.73. The average Bonchev–Trinajstić information content (AvgIpc) is 2.43. The molecule has 22 heavy (non-hydrogen) atoms. The van der Waals surface area contributed by atoms with Crippen LogP contribution in [0.5, 0.6) is 34.5 Å². The van der Waals surface area contributed by atoms with Crippen LogP contribution in [0.1, 0.15) is 28.4 Å². The molecule has 0 spiro atoms. The van der Waals surface area contributed by atoms with Crippen molar-refractivity contribution in [3.63, 3.8) is 0 Å². The van der Waals surface area contributed by atoms with E-state index in [0.717, 1.165) is 12.1 Å². The van der Waals surface area contributed by atoms with Gasteiger partial charge >= 0.3 is 0 Å². The second-order valence-electron chi connectivity index (χ2n) is 4.98. The Hall–Kier alpha value is -3.09. The number of carbonyl (C=O) groups excluding carboxylic acids is 1. The summed E-state index contributed by atoms with van der Waals surface area (Å²) >= 11 is 0. The fourth-order valence-corrected chi connectivity index (χ4v) is 2.44. The molecule has 1 heterocycles. The topological polar surface area (TPSA) is 127 Å². The molecule has 0 aliphatic carbocycles. The van der Waals surface area contributed by atoms with Crippen molar-refractivity contribution in [1.29, 1.82) is 0 Å². The molecule has 7 heteroatoms. The largest absolute Gasteiger partial charge is 0.508 e. The summed E-state index contributed by atoms with van der Waals surface area (Å²) in [4.78, 5) is 12.2. The number of fused-ring (bicyclic) bond motifs is 1. The zero-order chi connectivity index (χ0) is 16.0. The Bertz CT molecular complexity index is 762. The fourth-order valence-electron chi connectivity index (χ4n) is 2.44. The minimum absolute atomic E-state index is 0.0862. The number of Topliss-reactive ketones (excluding diaryl/α,β-unsaturated/α-hetero) is 1. The Morgan fingerprint density at radius 3 is 2.18 bits per heavy atom. The van der Waals surface area contributed by atoms with E-state index >= 15 is 0 Å². The number of ketones is 1. The van der Waals surface area contributed by atoms with Crippen LogP contribution in [-0.4, -0.2) is 31.3 Å². The Morgan fingerprint density at radius 2 is 1.55 bits per heavy atom. The molecule has 1 unspecified atom stereocenters. The quantitative estimate of drug-likeness (QED) is 0.509. The van der Waals surface area contributed by atoms with E-state index < -0.39 is 29.1 Å². The predicted molar refractivity (Wildman–Crippen MR) is 73.5 cm³/mol. The summed E-state index contributed by atoms with van der Waals surface area (Å²) in [5.41, 5.74) is 0.152. The standard InChI is InChI=1S/C15H12O7/c16-7-1-6(2-8(17)3-7)11-4-9(18)13-12(22-11)5-10(19)14(20)15(13)21/h1-3,5,11,16-17,19-21H,4H2. The van der Waals surface area contributed by atoms with Crippen LogP contribution in [0.4, 0.5) is 0 Å². The molecule has 5 N–H and O–H groups in total. The van der Waals surface area contributed by atoms with Gasteiger partial charge in [0, 0.05) is 17.7 Å². The van der Waals surface area contributed by atoms with Crippen LogP contribution in [0.3, 0.4) is 0 Å². The predicted octanol–water partition coefficient (Wildman–Crippen LogP) is 1.92. The van der Waals surface area contributed by atoms with Crippen molar-refractivity contribution in [3.05, 3.63) is 35.4 Å². The maximum atomic E-state index is 12.2. The van der Waals surface area contributed by atoms with Gasteiger partial charge in [-0.05, 0) is 12.1 Å². The number of hydrogen-bond acceptors (Lipinski definition) is 7. The first-order valence-corrected chi connectivity index (χ1v) is 6.37. The van der Waals surface area contributed by atoms with Crippen molar-refractivity contribution in [2.24, 2.45) is 0 Å². The van der Waals surface area contributed by atoms with Crippen LogP contribution in [0, 0.1) is 0 Å². The van der Waals surface area contributed by atoms with E-state index in [9.17, 15) is 30.3 Å². The number of phenolic OH excluding ortho intramolecular Hbond substituents is 5. The van der Waals surface area contributed by atoms with Crippen molar-refractivity contribution in [1.82, 2.24) is 0 Å². The summed E-state index contributed by atoms with van der Waals surface area (Å²) in [5, 5.41) is 47.7. The highest BCUT2D eigenvalue weighted by Gasteiger charge is 2.33. The van der Waals surface area contributed by atoms with Gasteiger partial charge in [-0.2, -0.15) is 0 Å². The average molecular weight is 304 g/mol. The monoisotopic (exact) mass is 304 g/mol. The first-order chi connectivity index (χ1) is 10.4. The number of rotatable bonds is 1. The number of benzene rings is 2. The maximum Gasteiger partial charge on any atom is 0.201 e. The lowest BCUT2D eigenvalue weighted by Gasteiger charge is -2.26. The highest BCUT2D eigenvalue weighted by molar-refractivity contribution is 6.03. The van der Waals surface area contributed by atoms with Gasteiger partial charge in [0.15, 0.2) is 17.3 Å². The molecule has 1 atom stereocenters. The highest BCUT2D eigenvalue weighted by Crippen LogP contribution is 2.48. The molecule has 0 radical (unpaired) electrons. The molecule has 7 nitrogen and oxygen atoms in total. The van der Waals surface area contributed by atoms with Gasteiger partial charge in [0.2, 0.25) is 5.75 Å². The van der Waals surface area contributed by atoms with Crippen molar-refractivity contribution < 1.29 is 35.1 Å². The van der Waals surface area contributed by atoms with E-state index in [1.54, 1.807) is 0 Å². The summed E-state index contributed by atoms with van der Waals surface area (Å²) in [5.74, 6) is -3.11. The third kappa shape index (κ3) is 2.12. The van der Waals surface area contributed by atoms with Crippen molar-refractivity contribution in [2.75, 3.05) is 0 Å². The first kappa shape index (κ1) is 13.9. The molecule has 0 fully saturated rings. The van der Waals surface area contributed by atoms with Gasteiger partial charge in [0.05, 0.1) is 6.42 Å². The van der Waals surface area contributed by atoms with E-state index in [0.29, 0.717) is 5.56 Å². The van der Waals surface area contributed by atoms with Gasteiger partial charge in [0.25, 0.3) is 0 Å². The molecule has 0 aromatic heterocycles. The molecule has 0 bridgehead atoms. The Morgan fingerprint density at radius 1 is 0.909 bits per heavy atom. The summed E-state index contributed by atoms with van der Waals surface area (Å²) in [7, 11) is 0. The van der Waals surface area contributed by atoms with Crippen LogP contribution in [0.15, 0.2) is 24.3 Å². The molecule has 1 aliphatic heterocycles. The summed E-state index contributed by atoms with van der Waals surface area (Å²) in [6, 6.07) is 4.83. The third-order valence-corrected chi connectivity index (χ3v) is 3.43. The number of carbonyl (C=O) groups is 1. The lowest BCUT2D eigenvalue weighted by molar-refractivity contribution is 0.0842. The Kier molecular flexibility index (Phi) is 2.98. The molecular formula is C15H12O7. The molecule has 0 amide bonds. The Labute approximate surface area is 124 Å². The molecule has 0 saturated heterocycles. The normalized spacial score (nSPS) is 16.9. The molecule has 114 valence electrons. The van der Waals surface area contributed by atoms with Gasteiger partial charge in [-0.15, -0.1) is 0 Å². The summed E-state index contributed by atoms with van der Waals surface area (Å²) in [6.45, 7) is 0. The number of aromatic hydroxyl groups is 5. The molecule has 0 saturated carbocycles. The van der Waals surface area contributed by atoms with Crippen molar-refractivity contribution in [2.45, 2.75) is 12.5 Å². The van der Waals surface area contributed by atoms with Crippen molar-refractivity contribution in [3.8, 4) is 34.5 Å². The SMILES string of the molecule is O=C1CC(c2cc(O)cc(O)c2)Oc2cc(O)c(O)c(O)c21. The fraction of sp³-hybridized carbons (Fsp3) is 0.133. The van der Waals surface area contributed by atoms with Gasteiger partial charge < -0.3 is 30.3 Å². The summed E-state index contributed by atoms with van der Waals surface area (Å²) < 4.78 is 5.54. The molecular weight excluding hydrogens is 292 g/mol. The number of phenols is 5. The van der Waals surface area contributed by atoms with E-state index in [-0.39, 0.29) is 29.2 Å². The minimum Gasteiger partial charge on any atom is -0.508 e. The molecule has 3 rings (SSSR count). The lowest BCUT2D eigenvalue weighted by Crippen LogP contribution is -2.20. The number of ether oxygens (including phenoxy) is 1. The molecule has 2 aromatic rings. The van der Waals surface area contributed by atoms with E-state index in [2.05, 4.69) is 0 Å². The van der Waals surface area contributed by atoms with E-state index in [1.165, 1.54) is 12.1 Å². The van der Waals surface area contributed by atoms with Crippen LogP contribution < -0.4 is 4.74 Å².